The van der Waals surface area contributed by atoms with E-state index in [4.69, 9.17) is 10.5 Å². The number of hydrogen-bond donors (Lipinski definition) is 1. The summed E-state index contributed by atoms with van der Waals surface area (Å²) in [6.07, 6.45) is 7.29. The van der Waals surface area contributed by atoms with Crippen molar-refractivity contribution >= 4 is 0 Å². The third-order valence-corrected chi connectivity index (χ3v) is 3.18. The number of nitrogens with two attached hydrogens (primary N) is 1. The summed E-state index contributed by atoms with van der Waals surface area (Å²) in [5.74, 6) is 0.789. The molecule has 0 heterocycles. The molecule has 0 amide bonds. The predicted molar refractivity (Wildman–Crippen MR) is 67.0 cm³/mol. The average molecular weight is 215 g/mol. The average Bonchev–Trinajstić information content (AvgIpc) is 2.21. The summed E-state index contributed by atoms with van der Waals surface area (Å²) >= 11 is 0. The van der Waals surface area contributed by atoms with E-state index in [1.165, 1.54) is 25.7 Å². The van der Waals surface area contributed by atoms with E-state index in [0.29, 0.717) is 0 Å². The maximum absolute atomic E-state index is 6.27. The molecule has 0 spiro atoms. The van der Waals surface area contributed by atoms with Gasteiger partial charge in [-0.2, -0.15) is 0 Å². The molecular weight excluding hydrogens is 186 g/mol. The molecule has 0 saturated heterocycles. The highest BCUT2D eigenvalue weighted by Crippen LogP contribution is 2.24. The Balaban J connectivity index is 3.90. The number of rotatable bonds is 9. The molecule has 2 atom stereocenters. The van der Waals surface area contributed by atoms with E-state index in [1.54, 1.807) is 7.11 Å². The molecule has 2 heteroatoms. The molecular formula is C13H29NO. The van der Waals surface area contributed by atoms with Crippen LogP contribution in [-0.2, 0) is 4.74 Å². The largest absolute Gasteiger partial charge is 0.385 e. The second-order valence-electron chi connectivity index (χ2n) is 5.02. The highest BCUT2D eigenvalue weighted by atomic mass is 16.5. The molecule has 0 aliphatic rings. The highest BCUT2D eigenvalue weighted by molar-refractivity contribution is 4.81. The minimum atomic E-state index is -0.0512. The lowest BCUT2D eigenvalue weighted by molar-refractivity contribution is 0.160. The van der Waals surface area contributed by atoms with Crippen LogP contribution in [0, 0.1) is 5.92 Å². The van der Waals surface area contributed by atoms with Crippen molar-refractivity contribution in [1.82, 2.24) is 0 Å². The van der Waals surface area contributed by atoms with Crippen LogP contribution in [0.25, 0.3) is 0 Å². The summed E-state index contributed by atoms with van der Waals surface area (Å²) in [7, 11) is 1.74. The molecule has 0 aliphatic heterocycles. The van der Waals surface area contributed by atoms with Gasteiger partial charge in [0.1, 0.15) is 0 Å². The normalized spacial score (nSPS) is 17.4. The van der Waals surface area contributed by atoms with Crippen LogP contribution in [0.3, 0.4) is 0 Å². The van der Waals surface area contributed by atoms with Gasteiger partial charge in [0.05, 0.1) is 0 Å². The standard InChI is InChI=1S/C13H29NO/c1-5-7-8-12(6-2)11-13(3,14)9-10-15-4/h12H,5-11,14H2,1-4H3. The number of hydrogen-bond acceptors (Lipinski definition) is 2. The van der Waals surface area contributed by atoms with Crippen molar-refractivity contribution < 1.29 is 4.74 Å². The zero-order valence-electron chi connectivity index (χ0n) is 11.0. The van der Waals surface area contributed by atoms with Gasteiger partial charge in [-0.05, 0) is 25.7 Å². The molecule has 2 N–H and O–H groups in total. The first-order chi connectivity index (χ1) is 7.05. The molecule has 0 aromatic heterocycles. The second kappa shape index (κ2) is 8.12. The summed E-state index contributed by atoms with van der Waals surface area (Å²) in [4.78, 5) is 0. The van der Waals surface area contributed by atoms with Crippen LogP contribution in [0.1, 0.15) is 59.3 Å². The summed E-state index contributed by atoms with van der Waals surface area (Å²) in [5.41, 5.74) is 6.22. The van der Waals surface area contributed by atoms with Crippen molar-refractivity contribution in [3.8, 4) is 0 Å². The van der Waals surface area contributed by atoms with Crippen molar-refractivity contribution in [3.05, 3.63) is 0 Å². The van der Waals surface area contributed by atoms with Gasteiger partial charge >= 0.3 is 0 Å². The van der Waals surface area contributed by atoms with Gasteiger partial charge in [-0.1, -0.05) is 39.5 Å². The molecule has 0 fully saturated rings. The third kappa shape index (κ3) is 7.80. The maximum atomic E-state index is 6.27. The minimum absolute atomic E-state index is 0.0512. The lowest BCUT2D eigenvalue weighted by atomic mass is 9.83. The summed E-state index contributed by atoms with van der Waals surface area (Å²) < 4.78 is 5.09. The molecule has 15 heavy (non-hydrogen) atoms. The zero-order chi connectivity index (χ0) is 11.7. The summed E-state index contributed by atoms with van der Waals surface area (Å²) in [5, 5.41) is 0. The molecule has 2 unspecified atom stereocenters. The number of unbranched alkanes of at least 4 members (excludes halogenated alkanes) is 1. The topological polar surface area (TPSA) is 35.2 Å². The molecule has 92 valence electrons. The lowest BCUT2D eigenvalue weighted by Crippen LogP contribution is -2.39. The molecule has 0 rings (SSSR count). The van der Waals surface area contributed by atoms with Crippen molar-refractivity contribution in [1.29, 1.82) is 0 Å². The Morgan fingerprint density at radius 2 is 2.00 bits per heavy atom. The van der Waals surface area contributed by atoms with Crippen molar-refractivity contribution in [2.24, 2.45) is 11.7 Å². The van der Waals surface area contributed by atoms with Crippen LogP contribution in [0.4, 0.5) is 0 Å². The Morgan fingerprint density at radius 3 is 2.47 bits per heavy atom. The van der Waals surface area contributed by atoms with E-state index in [-0.39, 0.29) is 5.54 Å². The Morgan fingerprint density at radius 1 is 1.33 bits per heavy atom. The quantitative estimate of drug-likeness (QED) is 0.640. The van der Waals surface area contributed by atoms with E-state index < -0.39 is 0 Å². The number of methoxy groups -OCH3 is 1. The molecule has 2 nitrogen and oxygen atoms in total. The van der Waals surface area contributed by atoms with Gasteiger partial charge in [0, 0.05) is 19.3 Å². The fraction of sp³-hybridized carbons (Fsp3) is 1.00. The molecule has 0 saturated carbocycles. The van der Waals surface area contributed by atoms with E-state index >= 15 is 0 Å². The van der Waals surface area contributed by atoms with E-state index in [0.717, 1.165) is 25.4 Å². The first-order valence-corrected chi connectivity index (χ1v) is 6.33. The van der Waals surface area contributed by atoms with Gasteiger partial charge in [0.25, 0.3) is 0 Å². The maximum Gasteiger partial charge on any atom is 0.0479 e. The molecule has 0 aromatic rings. The minimum Gasteiger partial charge on any atom is -0.385 e. The van der Waals surface area contributed by atoms with Crippen LogP contribution >= 0.6 is 0 Å². The van der Waals surface area contributed by atoms with Gasteiger partial charge < -0.3 is 10.5 Å². The molecule has 0 aliphatic carbocycles. The fourth-order valence-corrected chi connectivity index (χ4v) is 2.04. The van der Waals surface area contributed by atoms with E-state index in [9.17, 15) is 0 Å². The lowest BCUT2D eigenvalue weighted by Gasteiger charge is -2.29. The summed E-state index contributed by atoms with van der Waals surface area (Å²) in [6, 6.07) is 0. The first kappa shape index (κ1) is 14.9. The Labute approximate surface area is 95.6 Å². The summed E-state index contributed by atoms with van der Waals surface area (Å²) in [6.45, 7) is 7.45. The third-order valence-electron chi connectivity index (χ3n) is 3.18. The van der Waals surface area contributed by atoms with Crippen molar-refractivity contribution in [2.75, 3.05) is 13.7 Å². The van der Waals surface area contributed by atoms with Crippen LogP contribution < -0.4 is 5.73 Å². The van der Waals surface area contributed by atoms with Crippen LogP contribution in [0.15, 0.2) is 0 Å². The molecule has 0 bridgehead atoms. The van der Waals surface area contributed by atoms with Gasteiger partial charge in [-0.15, -0.1) is 0 Å². The predicted octanol–water partition coefficient (Wildman–Crippen LogP) is 3.35. The fourth-order valence-electron chi connectivity index (χ4n) is 2.04. The highest BCUT2D eigenvalue weighted by Gasteiger charge is 2.22. The van der Waals surface area contributed by atoms with E-state index in [1.807, 2.05) is 0 Å². The van der Waals surface area contributed by atoms with Crippen molar-refractivity contribution in [3.63, 3.8) is 0 Å². The Kier molecular flexibility index (Phi) is 8.07. The van der Waals surface area contributed by atoms with E-state index in [2.05, 4.69) is 20.8 Å². The monoisotopic (exact) mass is 215 g/mol. The van der Waals surface area contributed by atoms with Crippen LogP contribution in [0.5, 0.6) is 0 Å². The van der Waals surface area contributed by atoms with Gasteiger partial charge in [-0.3, -0.25) is 0 Å². The smallest absolute Gasteiger partial charge is 0.0479 e. The first-order valence-electron chi connectivity index (χ1n) is 6.33. The molecule has 0 radical (unpaired) electrons. The molecule has 0 aromatic carbocycles. The Hall–Kier alpha value is -0.0800. The Bertz CT molecular complexity index is 145. The van der Waals surface area contributed by atoms with Crippen molar-refractivity contribution in [2.45, 2.75) is 64.8 Å². The zero-order valence-corrected chi connectivity index (χ0v) is 11.0. The van der Waals surface area contributed by atoms with Gasteiger partial charge in [0.2, 0.25) is 0 Å². The van der Waals surface area contributed by atoms with Gasteiger partial charge in [0.15, 0.2) is 0 Å². The second-order valence-corrected chi connectivity index (χ2v) is 5.02. The SMILES string of the molecule is CCCCC(CC)CC(C)(N)CCOC. The number of ether oxygens (including phenoxy) is 1. The van der Waals surface area contributed by atoms with Crippen LogP contribution in [0.2, 0.25) is 0 Å². The van der Waals surface area contributed by atoms with Gasteiger partial charge in [-0.25, -0.2) is 0 Å². The van der Waals surface area contributed by atoms with Crippen LogP contribution in [-0.4, -0.2) is 19.3 Å².